The van der Waals surface area contributed by atoms with Crippen LogP contribution in [0.2, 0.25) is 0 Å². The van der Waals surface area contributed by atoms with Crippen molar-refractivity contribution in [1.29, 1.82) is 0 Å². The molecule has 24 heavy (non-hydrogen) atoms. The lowest BCUT2D eigenvalue weighted by Gasteiger charge is -2.46. The van der Waals surface area contributed by atoms with E-state index < -0.39 is 11.6 Å². The second-order valence-electron chi connectivity index (χ2n) is 5.59. The quantitative estimate of drug-likeness (QED) is 0.795. The lowest BCUT2D eigenvalue weighted by Crippen LogP contribution is -2.44. The molecule has 0 saturated heterocycles. The van der Waals surface area contributed by atoms with E-state index in [0.717, 1.165) is 22.5 Å². The van der Waals surface area contributed by atoms with E-state index in [0.29, 0.717) is 21.7 Å². The maximum atomic E-state index is 11.3. The van der Waals surface area contributed by atoms with Gasteiger partial charge in [0.25, 0.3) is 0 Å². The minimum absolute atomic E-state index is 0.0922. The van der Waals surface area contributed by atoms with Crippen molar-refractivity contribution >= 4 is 22.9 Å². The molecule has 1 aromatic heterocycles. The Kier molecular flexibility index (Phi) is 3.28. The number of benzene rings is 1. The number of carbonyl (C=O) groups is 1. The third-order valence-electron chi connectivity index (χ3n) is 4.34. The second kappa shape index (κ2) is 5.24. The zero-order valence-corrected chi connectivity index (χ0v) is 13.2. The Hall–Kier alpha value is -2.54. The number of hydrogen-bond donors (Lipinski definition) is 3. The second-order valence-corrected chi connectivity index (χ2v) is 6.45. The molecule has 5 nitrogen and oxygen atoms in total. The molecule has 0 aliphatic heterocycles. The Balaban J connectivity index is 1.85. The van der Waals surface area contributed by atoms with E-state index in [1.165, 1.54) is 5.38 Å². The number of hydrogen-bond acceptors (Lipinski definition) is 5. The Morgan fingerprint density at radius 1 is 1.21 bits per heavy atom. The number of aromatic carboxylic acids is 1. The summed E-state index contributed by atoms with van der Waals surface area (Å²) in [6.07, 6.45) is 3.67. The van der Waals surface area contributed by atoms with E-state index in [9.17, 15) is 15.0 Å². The van der Waals surface area contributed by atoms with Crippen molar-refractivity contribution in [2.75, 3.05) is 6.61 Å². The summed E-state index contributed by atoms with van der Waals surface area (Å²) >= 11 is 1.10. The summed E-state index contributed by atoms with van der Waals surface area (Å²) in [5.74, 6) is -1.13. The van der Waals surface area contributed by atoms with E-state index >= 15 is 0 Å². The van der Waals surface area contributed by atoms with Crippen molar-refractivity contribution in [1.82, 2.24) is 4.98 Å². The number of aliphatic hydroxyl groups is 2. The van der Waals surface area contributed by atoms with Gasteiger partial charge in [0.15, 0.2) is 11.3 Å². The topological polar surface area (TPSA) is 90.7 Å². The van der Waals surface area contributed by atoms with Crippen LogP contribution in [0.25, 0.3) is 5.57 Å². The van der Waals surface area contributed by atoms with E-state index in [-0.39, 0.29) is 12.3 Å². The summed E-state index contributed by atoms with van der Waals surface area (Å²) in [4.78, 5) is 15.2. The molecule has 6 heteroatoms. The van der Waals surface area contributed by atoms with Crippen LogP contribution in [-0.2, 0) is 5.60 Å². The molecule has 1 aromatic carbocycles. The first-order chi connectivity index (χ1) is 11.6. The van der Waals surface area contributed by atoms with Crippen LogP contribution in [0.5, 0.6) is 0 Å². The highest BCUT2D eigenvalue weighted by Crippen LogP contribution is 2.58. The molecule has 0 fully saturated rings. The van der Waals surface area contributed by atoms with Gasteiger partial charge in [-0.1, -0.05) is 42.5 Å². The molecule has 2 bridgehead atoms. The fraction of sp³-hybridized carbons (Fsp3) is 0.111. The molecule has 2 aliphatic rings. The Morgan fingerprint density at radius 2 is 1.96 bits per heavy atom. The van der Waals surface area contributed by atoms with Gasteiger partial charge < -0.3 is 15.3 Å². The molecule has 0 radical (unpaired) electrons. The number of aromatic nitrogens is 1. The first-order valence-corrected chi connectivity index (χ1v) is 8.20. The van der Waals surface area contributed by atoms with Crippen LogP contribution in [0.15, 0.2) is 64.6 Å². The molecule has 3 N–H and O–H groups in total. The minimum Gasteiger partial charge on any atom is -0.476 e. The van der Waals surface area contributed by atoms with Gasteiger partial charge in [0, 0.05) is 16.5 Å². The van der Waals surface area contributed by atoms with Crippen molar-refractivity contribution in [3.63, 3.8) is 0 Å². The third-order valence-corrected chi connectivity index (χ3v) is 5.29. The smallest absolute Gasteiger partial charge is 0.355 e. The number of nitrogens with zero attached hydrogens (tertiary/aromatic N) is 1. The van der Waals surface area contributed by atoms with Crippen molar-refractivity contribution < 1.29 is 20.1 Å². The Labute approximate surface area is 141 Å². The molecule has 2 aliphatic carbocycles. The summed E-state index contributed by atoms with van der Waals surface area (Å²) in [6, 6.07) is 9.56. The molecule has 0 spiro atoms. The summed E-state index contributed by atoms with van der Waals surface area (Å²) in [5.41, 5.74) is 2.02. The lowest BCUT2D eigenvalue weighted by molar-refractivity contribution is 0.0688. The number of carboxylic acids is 1. The van der Waals surface area contributed by atoms with Crippen LogP contribution in [0, 0.1) is 0 Å². The standard InChI is InChI=1S/C18H13NO4S/c20-8-12-13-7-6-11(10-4-2-1-3-5-10)15(12)18(13,23)17-19-14(9-24-17)16(21)22/h1-7,9,20,23H,8H2,(H,21,22). The van der Waals surface area contributed by atoms with Crippen LogP contribution in [0.3, 0.4) is 0 Å². The van der Waals surface area contributed by atoms with Crippen LogP contribution < -0.4 is 0 Å². The molecule has 0 saturated carbocycles. The number of allylic oxidation sites excluding steroid dienone is 2. The van der Waals surface area contributed by atoms with Crippen molar-refractivity contribution in [3.05, 3.63) is 80.8 Å². The molecule has 1 atom stereocenters. The van der Waals surface area contributed by atoms with E-state index in [4.69, 9.17) is 5.11 Å². The highest BCUT2D eigenvalue weighted by atomic mass is 32.1. The minimum atomic E-state index is -1.46. The summed E-state index contributed by atoms with van der Waals surface area (Å²) in [5, 5.41) is 31.7. The SMILES string of the molecule is O=C(O)c1csc(C2(O)c3ccc(-c4ccccc4)c2c3CO)n1. The van der Waals surface area contributed by atoms with Crippen molar-refractivity contribution in [2.45, 2.75) is 5.60 Å². The van der Waals surface area contributed by atoms with E-state index in [2.05, 4.69) is 4.98 Å². The maximum absolute atomic E-state index is 11.3. The maximum Gasteiger partial charge on any atom is 0.355 e. The zero-order valence-electron chi connectivity index (χ0n) is 12.4. The zero-order chi connectivity index (χ0) is 16.9. The average Bonchev–Trinajstić information content (AvgIpc) is 3.11. The first kappa shape index (κ1) is 15.0. The normalized spacial score (nSPS) is 21.9. The fourth-order valence-corrected chi connectivity index (χ4v) is 4.17. The van der Waals surface area contributed by atoms with Gasteiger partial charge in [-0.25, -0.2) is 9.78 Å². The van der Waals surface area contributed by atoms with Gasteiger partial charge in [-0.3, -0.25) is 0 Å². The van der Waals surface area contributed by atoms with Crippen LogP contribution in [0.1, 0.15) is 21.1 Å². The van der Waals surface area contributed by atoms with E-state index in [1.807, 2.05) is 36.4 Å². The Morgan fingerprint density at radius 3 is 2.58 bits per heavy atom. The van der Waals surface area contributed by atoms with Crippen LogP contribution in [-0.4, -0.2) is 32.9 Å². The molecule has 1 heterocycles. The van der Waals surface area contributed by atoms with Crippen molar-refractivity contribution in [3.8, 4) is 0 Å². The molecule has 2 aromatic rings. The first-order valence-electron chi connectivity index (χ1n) is 7.32. The summed E-state index contributed by atoms with van der Waals surface area (Å²) < 4.78 is 0. The van der Waals surface area contributed by atoms with Gasteiger partial charge in [0.2, 0.25) is 0 Å². The van der Waals surface area contributed by atoms with E-state index in [1.54, 1.807) is 6.08 Å². The molecular weight excluding hydrogens is 326 g/mol. The molecule has 0 amide bonds. The number of carboxylic acid groups (broad SMARTS) is 1. The predicted molar refractivity (Wildman–Crippen MR) is 89.6 cm³/mol. The Bertz CT molecular complexity index is 939. The van der Waals surface area contributed by atoms with Gasteiger partial charge in [-0.2, -0.15) is 0 Å². The molecular formula is C18H13NO4S. The lowest BCUT2D eigenvalue weighted by atomic mass is 9.62. The van der Waals surface area contributed by atoms with Gasteiger partial charge in [0.1, 0.15) is 5.01 Å². The van der Waals surface area contributed by atoms with Gasteiger partial charge >= 0.3 is 5.97 Å². The fourth-order valence-electron chi connectivity index (χ4n) is 3.26. The van der Waals surface area contributed by atoms with Crippen LogP contribution >= 0.6 is 11.3 Å². The summed E-state index contributed by atoms with van der Waals surface area (Å²) in [7, 11) is 0. The number of fused-ring (bicyclic) bond motifs is 2. The molecule has 4 rings (SSSR count). The van der Waals surface area contributed by atoms with Gasteiger partial charge in [0.05, 0.1) is 6.61 Å². The highest BCUT2D eigenvalue weighted by molar-refractivity contribution is 7.10. The molecule has 1 unspecified atom stereocenters. The predicted octanol–water partition coefficient (Wildman–Crippen LogP) is 2.36. The third kappa shape index (κ3) is 1.88. The number of aliphatic hydroxyl groups excluding tert-OH is 1. The molecule has 120 valence electrons. The number of rotatable bonds is 4. The monoisotopic (exact) mass is 339 g/mol. The number of thiazole rings is 1. The van der Waals surface area contributed by atoms with Crippen LogP contribution in [0.4, 0.5) is 0 Å². The average molecular weight is 339 g/mol. The van der Waals surface area contributed by atoms with Gasteiger partial charge in [-0.05, 0) is 16.7 Å². The largest absolute Gasteiger partial charge is 0.476 e. The summed E-state index contributed by atoms with van der Waals surface area (Å²) in [6.45, 7) is -0.190. The highest BCUT2D eigenvalue weighted by Gasteiger charge is 2.54. The van der Waals surface area contributed by atoms with Crippen molar-refractivity contribution in [2.24, 2.45) is 0 Å². The van der Waals surface area contributed by atoms with Gasteiger partial charge in [-0.15, -0.1) is 11.3 Å².